The van der Waals surface area contributed by atoms with Crippen LogP contribution in [0.5, 0.6) is 0 Å². The molecule has 0 spiro atoms. The minimum absolute atomic E-state index is 0.0539. The van der Waals surface area contributed by atoms with Crippen LogP contribution in [0.3, 0.4) is 0 Å². The summed E-state index contributed by atoms with van der Waals surface area (Å²) >= 11 is 0. The van der Waals surface area contributed by atoms with Crippen molar-refractivity contribution < 1.29 is 18.2 Å². The molecular formula is C11H10F2N4O3. The van der Waals surface area contributed by atoms with E-state index in [0.29, 0.717) is 5.82 Å². The molecule has 9 heteroatoms. The lowest BCUT2D eigenvalue weighted by atomic mass is 10.1. The van der Waals surface area contributed by atoms with E-state index in [9.17, 15) is 18.9 Å². The molecule has 2 rings (SSSR count). The molecule has 0 aliphatic rings. The lowest BCUT2D eigenvalue weighted by molar-refractivity contribution is -0.385. The van der Waals surface area contributed by atoms with Gasteiger partial charge in [-0.15, -0.1) is 0 Å². The number of aromatic nitrogens is 2. The van der Waals surface area contributed by atoms with Gasteiger partial charge in [0.1, 0.15) is 0 Å². The van der Waals surface area contributed by atoms with Crippen LogP contribution in [0.1, 0.15) is 23.7 Å². The first-order valence-corrected chi connectivity index (χ1v) is 5.57. The fraction of sp³-hybridized carbons (Fsp3) is 0.273. The number of hydrogen-bond acceptors (Lipinski definition) is 6. The molecule has 7 nitrogen and oxygen atoms in total. The number of nitro groups is 1. The molecule has 1 heterocycles. The smallest absolute Gasteiger partial charge is 0.270 e. The first-order chi connectivity index (χ1) is 9.47. The van der Waals surface area contributed by atoms with Gasteiger partial charge < -0.3 is 9.84 Å². The Balaban J connectivity index is 2.20. The van der Waals surface area contributed by atoms with Crippen molar-refractivity contribution in [3.05, 3.63) is 45.6 Å². The third-order valence-corrected chi connectivity index (χ3v) is 2.48. The van der Waals surface area contributed by atoms with Crippen molar-refractivity contribution in [1.29, 1.82) is 0 Å². The van der Waals surface area contributed by atoms with Crippen molar-refractivity contribution in [3.63, 3.8) is 0 Å². The molecule has 106 valence electrons. The van der Waals surface area contributed by atoms with Crippen molar-refractivity contribution >= 4 is 11.4 Å². The van der Waals surface area contributed by atoms with Gasteiger partial charge in [-0.05, 0) is 13.0 Å². The van der Waals surface area contributed by atoms with Gasteiger partial charge in [0.25, 0.3) is 12.1 Å². The fourth-order valence-electron chi connectivity index (χ4n) is 1.59. The number of aryl methyl sites for hydroxylation is 1. The molecule has 1 aromatic carbocycles. The summed E-state index contributed by atoms with van der Waals surface area (Å²) < 4.78 is 30.6. The summed E-state index contributed by atoms with van der Waals surface area (Å²) in [6, 6.07) is 3.21. The van der Waals surface area contributed by atoms with Gasteiger partial charge in [0, 0.05) is 23.4 Å². The molecule has 0 amide bonds. The largest absolute Gasteiger partial charge is 0.376 e. The number of nitrogens with zero attached hydrogens (tertiary/aromatic N) is 3. The summed E-state index contributed by atoms with van der Waals surface area (Å²) in [5.41, 5.74) is -0.753. The SMILES string of the molecule is Cc1noc(CNc2ccc([N+](=O)[O-])cc2C(F)F)n1. The molecule has 0 aliphatic heterocycles. The maximum Gasteiger partial charge on any atom is 0.270 e. The topological polar surface area (TPSA) is 94.1 Å². The third-order valence-electron chi connectivity index (χ3n) is 2.48. The lowest BCUT2D eigenvalue weighted by Crippen LogP contribution is -2.04. The van der Waals surface area contributed by atoms with E-state index in [0.717, 1.165) is 12.1 Å². The monoisotopic (exact) mass is 284 g/mol. The Bertz CT molecular complexity index is 630. The quantitative estimate of drug-likeness (QED) is 0.670. The van der Waals surface area contributed by atoms with Gasteiger partial charge in [0.2, 0.25) is 5.89 Å². The summed E-state index contributed by atoms with van der Waals surface area (Å²) in [6.45, 7) is 1.68. The maximum absolute atomic E-state index is 12.9. The van der Waals surface area contributed by atoms with Gasteiger partial charge in [0.05, 0.1) is 11.5 Å². The summed E-state index contributed by atoms with van der Waals surface area (Å²) in [6.07, 6.45) is -2.83. The highest BCUT2D eigenvalue weighted by Crippen LogP contribution is 2.30. The Morgan fingerprint density at radius 3 is 2.80 bits per heavy atom. The second-order valence-corrected chi connectivity index (χ2v) is 3.92. The maximum atomic E-state index is 12.9. The minimum Gasteiger partial charge on any atom is -0.376 e. The van der Waals surface area contributed by atoms with Crippen molar-refractivity contribution in [2.45, 2.75) is 19.9 Å². The van der Waals surface area contributed by atoms with Crippen molar-refractivity contribution in [2.24, 2.45) is 0 Å². The summed E-state index contributed by atoms with van der Waals surface area (Å²) in [4.78, 5) is 13.8. The molecule has 0 saturated carbocycles. The molecule has 1 aromatic heterocycles. The number of hydrogen-bond donors (Lipinski definition) is 1. The molecule has 1 N–H and O–H groups in total. The molecule has 0 bridgehead atoms. The van der Waals surface area contributed by atoms with Gasteiger partial charge in [-0.25, -0.2) is 8.78 Å². The number of rotatable bonds is 5. The number of nitro benzene ring substituents is 1. The number of nitrogens with one attached hydrogen (secondary N) is 1. The first kappa shape index (κ1) is 13.8. The van der Waals surface area contributed by atoms with Gasteiger partial charge >= 0.3 is 0 Å². The van der Waals surface area contributed by atoms with E-state index in [4.69, 9.17) is 4.52 Å². The molecule has 0 saturated heterocycles. The van der Waals surface area contributed by atoms with E-state index in [1.165, 1.54) is 6.07 Å². The van der Waals surface area contributed by atoms with Crippen LogP contribution in [0.15, 0.2) is 22.7 Å². The summed E-state index contributed by atoms with van der Waals surface area (Å²) in [5.74, 6) is 0.667. The number of non-ortho nitro benzene ring substituents is 1. The zero-order valence-corrected chi connectivity index (χ0v) is 10.3. The molecule has 0 aliphatic carbocycles. The second-order valence-electron chi connectivity index (χ2n) is 3.92. The zero-order valence-electron chi connectivity index (χ0n) is 10.3. The van der Waals surface area contributed by atoms with Crippen LogP contribution in [0.25, 0.3) is 0 Å². The van der Waals surface area contributed by atoms with Crippen LogP contribution in [-0.4, -0.2) is 15.1 Å². The average Bonchev–Trinajstić information content (AvgIpc) is 2.81. The van der Waals surface area contributed by atoms with E-state index in [1.54, 1.807) is 6.92 Å². The standard InChI is InChI=1S/C11H10F2N4O3/c1-6-15-10(20-16-6)5-14-9-3-2-7(17(18)19)4-8(9)11(12)13/h2-4,11,14H,5H2,1H3. The normalized spacial score (nSPS) is 10.8. The van der Waals surface area contributed by atoms with Gasteiger partial charge in [-0.1, -0.05) is 5.16 Å². The van der Waals surface area contributed by atoms with Crippen LogP contribution < -0.4 is 5.32 Å². The molecule has 0 atom stereocenters. The number of alkyl halides is 2. The van der Waals surface area contributed by atoms with Gasteiger partial charge in [-0.2, -0.15) is 4.98 Å². The molecule has 20 heavy (non-hydrogen) atoms. The predicted molar refractivity (Wildman–Crippen MR) is 64.4 cm³/mol. The third kappa shape index (κ3) is 3.05. The van der Waals surface area contributed by atoms with E-state index in [2.05, 4.69) is 15.5 Å². The van der Waals surface area contributed by atoms with E-state index >= 15 is 0 Å². The Morgan fingerprint density at radius 2 is 2.25 bits per heavy atom. The number of halogens is 2. The van der Waals surface area contributed by atoms with E-state index < -0.39 is 16.9 Å². The van der Waals surface area contributed by atoms with E-state index in [1.807, 2.05) is 0 Å². The Hall–Kier alpha value is -2.58. The van der Waals surface area contributed by atoms with Crippen LogP contribution >= 0.6 is 0 Å². The number of benzene rings is 1. The minimum atomic E-state index is -2.83. The lowest BCUT2D eigenvalue weighted by Gasteiger charge is -2.09. The Morgan fingerprint density at radius 1 is 1.50 bits per heavy atom. The fourth-order valence-corrected chi connectivity index (χ4v) is 1.59. The van der Waals surface area contributed by atoms with Gasteiger partial charge in [0.15, 0.2) is 5.82 Å². The predicted octanol–water partition coefficient (Wildman–Crippen LogP) is 2.84. The van der Waals surface area contributed by atoms with Gasteiger partial charge in [-0.3, -0.25) is 10.1 Å². The number of anilines is 1. The summed E-state index contributed by atoms with van der Waals surface area (Å²) in [5, 5.41) is 16.8. The first-order valence-electron chi connectivity index (χ1n) is 5.57. The molecular weight excluding hydrogens is 274 g/mol. The van der Waals surface area contributed by atoms with Crippen LogP contribution in [0.4, 0.5) is 20.2 Å². The highest BCUT2D eigenvalue weighted by atomic mass is 19.3. The van der Waals surface area contributed by atoms with Crippen LogP contribution in [-0.2, 0) is 6.54 Å². The molecule has 0 radical (unpaired) electrons. The van der Waals surface area contributed by atoms with Crippen molar-refractivity contribution in [3.8, 4) is 0 Å². The second kappa shape index (κ2) is 5.59. The average molecular weight is 284 g/mol. The zero-order chi connectivity index (χ0) is 14.7. The molecule has 0 unspecified atom stereocenters. The molecule has 0 fully saturated rings. The highest BCUT2D eigenvalue weighted by molar-refractivity contribution is 5.56. The highest BCUT2D eigenvalue weighted by Gasteiger charge is 2.18. The van der Waals surface area contributed by atoms with E-state index in [-0.39, 0.29) is 23.8 Å². The Labute approximate surface area is 111 Å². The van der Waals surface area contributed by atoms with Crippen molar-refractivity contribution in [2.75, 3.05) is 5.32 Å². The van der Waals surface area contributed by atoms with Crippen LogP contribution in [0.2, 0.25) is 0 Å². The summed E-state index contributed by atoms with van der Waals surface area (Å²) in [7, 11) is 0. The Kier molecular flexibility index (Phi) is 3.87. The molecule has 2 aromatic rings. The van der Waals surface area contributed by atoms with Crippen LogP contribution in [0, 0.1) is 17.0 Å². The van der Waals surface area contributed by atoms with Crippen molar-refractivity contribution in [1.82, 2.24) is 10.1 Å².